The van der Waals surface area contributed by atoms with E-state index in [1.165, 1.54) is 12.5 Å². The molecule has 178 valence electrons. The Morgan fingerprint density at radius 2 is 1.79 bits per heavy atom. The minimum atomic E-state index is -4.68. The van der Waals surface area contributed by atoms with E-state index < -0.39 is 29.3 Å². The second-order valence-corrected chi connectivity index (χ2v) is 9.75. The molecule has 2 amide bonds. The number of primary amides is 1. The van der Waals surface area contributed by atoms with Crippen molar-refractivity contribution in [1.29, 1.82) is 5.26 Å². The maximum absolute atomic E-state index is 13.5. The Balaban J connectivity index is 1.52. The summed E-state index contributed by atoms with van der Waals surface area (Å²) in [5, 5.41) is 9.07. The second kappa shape index (κ2) is 8.88. The van der Waals surface area contributed by atoms with Crippen molar-refractivity contribution in [3.63, 3.8) is 0 Å². The zero-order valence-electron chi connectivity index (χ0n) is 18.5. The van der Waals surface area contributed by atoms with Crippen molar-refractivity contribution >= 4 is 17.5 Å². The Morgan fingerprint density at radius 3 is 2.36 bits per heavy atom. The highest BCUT2D eigenvalue weighted by molar-refractivity contribution is 5.85. The Kier molecular flexibility index (Phi) is 6.30. The minimum Gasteiger partial charge on any atom is -0.368 e. The zero-order valence-corrected chi connectivity index (χ0v) is 18.5. The number of anilines is 1. The van der Waals surface area contributed by atoms with Gasteiger partial charge in [-0.05, 0) is 55.7 Å². The van der Waals surface area contributed by atoms with E-state index >= 15 is 0 Å². The smallest absolute Gasteiger partial charge is 0.368 e. The van der Waals surface area contributed by atoms with Crippen molar-refractivity contribution in [3.05, 3.63) is 29.3 Å². The summed E-state index contributed by atoms with van der Waals surface area (Å²) in [7, 11) is 0. The third-order valence-electron chi connectivity index (χ3n) is 7.69. The lowest BCUT2D eigenvalue weighted by atomic mass is 9.76. The van der Waals surface area contributed by atoms with Crippen LogP contribution in [0.5, 0.6) is 0 Å². The summed E-state index contributed by atoms with van der Waals surface area (Å²) >= 11 is 0. The third-order valence-corrected chi connectivity index (χ3v) is 7.69. The second-order valence-electron chi connectivity index (χ2n) is 9.75. The van der Waals surface area contributed by atoms with Gasteiger partial charge in [0, 0.05) is 31.2 Å². The van der Waals surface area contributed by atoms with E-state index in [1.54, 1.807) is 11.0 Å². The van der Waals surface area contributed by atoms with Crippen molar-refractivity contribution in [2.24, 2.45) is 17.1 Å². The van der Waals surface area contributed by atoms with Crippen LogP contribution in [0.1, 0.15) is 62.5 Å². The van der Waals surface area contributed by atoms with Crippen molar-refractivity contribution < 1.29 is 22.8 Å². The fourth-order valence-electron chi connectivity index (χ4n) is 5.80. The molecule has 33 heavy (non-hydrogen) atoms. The number of piperidine rings is 1. The molecular formula is C24H29F3N4O2. The van der Waals surface area contributed by atoms with E-state index in [9.17, 15) is 22.8 Å². The molecule has 1 saturated carbocycles. The van der Waals surface area contributed by atoms with Gasteiger partial charge in [-0.3, -0.25) is 9.59 Å². The average molecular weight is 463 g/mol. The quantitative estimate of drug-likeness (QED) is 0.739. The average Bonchev–Trinajstić information content (AvgIpc) is 3.18. The van der Waals surface area contributed by atoms with Gasteiger partial charge in [-0.1, -0.05) is 19.3 Å². The van der Waals surface area contributed by atoms with Gasteiger partial charge in [0.25, 0.3) is 0 Å². The molecule has 2 saturated heterocycles. The molecule has 0 aromatic heterocycles. The summed E-state index contributed by atoms with van der Waals surface area (Å²) in [4.78, 5) is 28.7. The van der Waals surface area contributed by atoms with Crippen molar-refractivity contribution in [2.75, 3.05) is 24.5 Å². The summed E-state index contributed by atoms with van der Waals surface area (Å²) in [6, 6.07) is 4.40. The number of amides is 2. The molecule has 2 N–H and O–H groups in total. The van der Waals surface area contributed by atoms with Crippen LogP contribution in [-0.2, 0) is 15.8 Å². The molecule has 4 rings (SSSR count). The summed E-state index contributed by atoms with van der Waals surface area (Å²) in [5.74, 6) is -0.260. The number of halogens is 3. The molecule has 3 fully saturated rings. The number of hydrogen-bond acceptors (Lipinski definition) is 4. The molecule has 0 radical (unpaired) electrons. The number of nitrogens with two attached hydrogens (primary N) is 1. The molecule has 3 aliphatic rings. The molecular weight excluding hydrogens is 433 g/mol. The molecule has 0 bridgehead atoms. The van der Waals surface area contributed by atoms with Gasteiger partial charge in [0.15, 0.2) is 0 Å². The monoisotopic (exact) mass is 462 g/mol. The van der Waals surface area contributed by atoms with Gasteiger partial charge < -0.3 is 15.5 Å². The number of likely N-dealkylation sites (tertiary alicyclic amines) is 1. The van der Waals surface area contributed by atoms with Crippen molar-refractivity contribution in [3.8, 4) is 6.07 Å². The van der Waals surface area contributed by atoms with Crippen molar-refractivity contribution in [1.82, 2.24) is 4.90 Å². The molecule has 1 unspecified atom stereocenters. The summed E-state index contributed by atoms with van der Waals surface area (Å²) in [5.41, 5.74) is 4.14. The first-order chi connectivity index (χ1) is 15.6. The van der Waals surface area contributed by atoms with Crippen LogP contribution in [0.15, 0.2) is 18.2 Å². The number of hydrogen-bond donors (Lipinski definition) is 1. The molecule has 6 nitrogen and oxygen atoms in total. The van der Waals surface area contributed by atoms with Gasteiger partial charge in [0.2, 0.25) is 11.8 Å². The molecule has 2 heterocycles. The highest BCUT2D eigenvalue weighted by Gasteiger charge is 2.48. The van der Waals surface area contributed by atoms with Crippen LogP contribution in [0.2, 0.25) is 0 Å². The number of alkyl halides is 3. The molecule has 9 heteroatoms. The summed E-state index contributed by atoms with van der Waals surface area (Å²) in [6.07, 6.45) is 2.41. The molecule has 1 spiro atoms. The van der Waals surface area contributed by atoms with E-state index in [0.717, 1.165) is 37.8 Å². The normalized spacial score (nSPS) is 23.5. The highest BCUT2D eigenvalue weighted by atomic mass is 19.4. The van der Waals surface area contributed by atoms with Crippen LogP contribution in [0, 0.1) is 22.7 Å². The summed E-state index contributed by atoms with van der Waals surface area (Å²) in [6.45, 7) is 1.58. The van der Waals surface area contributed by atoms with E-state index in [1.807, 2.05) is 4.90 Å². The minimum absolute atomic E-state index is 0.102. The lowest BCUT2D eigenvalue weighted by Crippen LogP contribution is -2.46. The van der Waals surface area contributed by atoms with Gasteiger partial charge in [-0.2, -0.15) is 18.4 Å². The first-order valence-electron chi connectivity index (χ1n) is 11.6. The van der Waals surface area contributed by atoms with Gasteiger partial charge in [-0.25, -0.2) is 0 Å². The highest BCUT2D eigenvalue weighted by Crippen LogP contribution is 2.46. The molecule has 1 aromatic carbocycles. The molecule has 1 atom stereocenters. The predicted molar refractivity (Wildman–Crippen MR) is 116 cm³/mol. The van der Waals surface area contributed by atoms with Crippen LogP contribution < -0.4 is 10.6 Å². The van der Waals surface area contributed by atoms with E-state index in [2.05, 4.69) is 0 Å². The van der Waals surface area contributed by atoms with Crippen molar-refractivity contribution in [2.45, 2.75) is 63.6 Å². The fraction of sp³-hybridized carbons (Fsp3) is 0.625. The number of nitrogens with zero attached hydrogens (tertiary/aromatic N) is 3. The van der Waals surface area contributed by atoms with Crippen LogP contribution >= 0.6 is 0 Å². The lowest BCUT2D eigenvalue weighted by Gasteiger charge is -2.41. The zero-order chi connectivity index (χ0) is 23.8. The van der Waals surface area contributed by atoms with Crippen LogP contribution in [0.25, 0.3) is 0 Å². The van der Waals surface area contributed by atoms with E-state index in [4.69, 9.17) is 11.0 Å². The standard InChI is InChI=1S/C24H29F3N4O2/c25-24(26,27)19-12-18(7-6-17(19)14-28)31-15-23(13-20(31)21(29)32)8-10-30(11-9-23)22(33)16-4-2-1-3-5-16/h6-7,12,16,20H,1-5,8-11,13,15H2,(H2,29,32). The number of nitriles is 1. The van der Waals surface area contributed by atoms with Crippen LogP contribution in [0.4, 0.5) is 18.9 Å². The van der Waals surface area contributed by atoms with Crippen LogP contribution in [0.3, 0.4) is 0 Å². The molecule has 2 aliphatic heterocycles. The Hall–Kier alpha value is -2.76. The SMILES string of the molecule is N#Cc1ccc(N2CC3(CCN(C(=O)C4CCCCC4)CC3)CC2C(N)=O)cc1C(F)(F)F. The fourth-order valence-corrected chi connectivity index (χ4v) is 5.80. The topological polar surface area (TPSA) is 90.4 Å². The van der Waals surface area contributed by atoms with Crippen LogP contribution in [-0.4, -0.2) is 42.4 Å². The van der Waals surface area contributed by atoms with E-state index in [-0.39, 0.29) is 22.9 Å². The number of carbonyl (C=O) groups excluding carboxylic acids is 2. The van der Waals surface area contributed by atoms with E-state index in [0.29, 0.717) is 38.9 Å². The maximum Gasteiger partial charge on any atom is 0.417 e. The molecule has 1 aromatic rings. The summed E-state index contributed by atoms with van der Waals surface area (Å²) < 4.78 is 40.4. The van der Waals surface area contributed by atoms with Gasteiger partial charge in [-0.15, -0.1) is 0 Å². The lowest BCUT2D eigenvalue weighted by molar-refractivity contribution is -0.139. The number of rotatable bonds is 3. The first-order valence-corrected chi connectivity index (χ1v) is 11.6. The Labute approximate surface area is 191 Å². The number of carbonyl (C=O) groups is 2. The largest absolute Gasteiger partial charge is 0.417 e. The third kappa shape index (κ3) is 4.66. The predicted octanol–water partition coefficient (Wildman–Crippen LogP) is 3.83. The molecule has 1 aliphatic carbocycles. The maximum atomic E-state index is 13.5. The Morgan fingerprint density at radius 1 is 1.12 bits per heavy atom. The van der Waals surface area contributed by atoms with Gasteiger partial charge in [0.1, 0.15) is 6.04 Å². The number of benzene rings is 1. The van der Waals surface area contributed by atoms with Gasteiger partial charge in [0.05, 0.1) is 17.2 Å². The first kappa shape index (κ1) is 23.4. The van der Waals surface area contributed by atoms with Gasteiger partial charge >= 0.3 is 6.18 Å². The Bertz CT molecular complexity index is 957.